The maximum atomic E-state index is 5.86. The molecule has 1 rings (SSSR count). The minimum atomic E-state index is 0.595. The van der Waals surface area contributed by atoms with Crippen molar-refractivity contribution < 1.29 is 0 Å². The van der Waals surface area contributed by atoms with Crippen molar-refractivity contribution >= 4 is 23.4 Å². The predicted molar refractivity (Wildman–Crippen MR) is 79.1 cm³/mol. The van der Waals surface area contributed by atoms with Crippen LogP contribution >= 0.6 is 23.4 Å². The van der Waals surface area contributed by atoms with Gasteiger partial charge < -0.3 is 5.32 Å². The van der Waals surface area contributed by atoms with Crippen molar-refractivity contribution in [1.29, 1.82) is 0 Å². The Labute approximate surface area is 114 Å². The van der Waals surface area contributed by atoms with Crippen LogP contribution in [0, 0.1) is 5.92 Å². The van der Waals surface area contributed by atoms with Crippen LogP contribution in [-0.4, -0.2) is 18.8 Å². The molecule has 1 N–H and O–H groups in total. The first-order valence-electron chi connectivity index (χ1n) is 6.17. The van der Waals surface area contributed by atoms with Crippen LogP contribution in [-0.2, 0) is 0 Å². The smallest absolute Gasteiger partial charge is 0.0406 e. The highest BCUT2D eigenvalue weighted by Crippen LogP contribution is 2.22. The lowest BCUT2D eigenvalue weighted by Gasteiger charge is -2.16. The number of nitrogens with one attached hydrogen (secondary N) is 1. The van der Waals surface area contributed by atoms with Gasteiger partial charge in [-0.1, -0.05) is 25.4 Å². The van der Waals surface area contributed by atoms with Crippen LogP contribution < -0.4 is 5.32 Å². The summed E-state index contributed by atoms with van der Waals surface area (Å²) in [4.78, 5) is 1.29. The lowest BCUT2D eigenvalue weighted by atomic mass is 10.0. The molecule has 1 aromatic rings. The van der Waals surface area contributed by atoms with E-state index in [0.29, 0.717) is 6.04 Å². The van der Waals surface area contributed by atoms with E-state index >= 15 is 0 Å². The Morgan fingerprint density at radius 3 is 2.35 bits per heavy atom. The molecule has 0 radical (unpaired) electrons. The van der Waals surface area contributed by atoms with E-state index in [9.17, 15) is 0 Å². The summed E-state index contributed by atoms with van der Waals surface area (Å²) in [5.74, 6) is 1.90. The third kappa shape index (κ3) is 6.35. The molecule has 3 heteroatoms. The molecular formula is C14H22ClNS. The summed E-state index contributed by atoms with van der Waals surface area (Å²) in [5.41, 5.74) is 0. The Morgan fingerprint density at radius 1 is 1.18 bits per heavy atom. The van der Waals surface area contributed by atoms with Gasteiger partial charge in [-0.2, -0.15) is 0 Å². The highest BCUT2D eigenvalue weighted by molar-refractivity contribution is 7.99. The lowest BCUT2D eigenvalue weighted by molar-refractivity contribution is 0.479. The second-order valence-electron chi connectivity index (χ2n) is 4.72. The van der Waals surface area contributed by atoms with Crippen molar-refractivity contribution in [3.63, 3.8) is 0 Å². The van der Waals surface area contributed by atoms with Crippen molar-refractivity contribution in [1.82, 2.24) is 5.32 Å². The van der Waals surface area contributed by atoms with E-state index in [4.69, 9.17) is 11.6 Å². The number of halogens is 1. The van der Waals surface area contributed by atoms with Crippen LogP contribution in [0.25, 0.3) is 0 Å². The maximum Gasteiger partial charge on any atom is 0.0406 e. The monoisotopic (exact) mass is 271 g/mol. The molecule has 0 fully saturated rings. The van der Waals surface area contributed by atoms with Gasteiger partial charge in [0.15, 0.2) is 0 Å². The fourth-order valence-electron chi connectivity index (χ4n) is 1.57. The standard InChI is InChI=1S/C14H22ClNS/c1-11(2)4-7-13(16-3)10-17-14-8-5-12(15)6-9-14/h5-6,8-9,11,13,16H,4,7,10H2,1-3H3. The average Bonchev–Trinajstić information content (AvgIpc) is 2.31. The van der Waals surface area contributed by atoms with Gasteiger partial charge >= 0.3 is 0 Å². The van der Waals surface area contributed by atoms with E-state index in [1.54, 1.807) is 0 Å². The lowest BCUT2D eigenvalue weighted by Crippen LogP contribution is -2.28. The average molecular weight is 272 g/mol. The predicted octanol–water partition coefficient (Wildman–Crippen LogP) is 4.46. The molecule has 1 unspecified atom stereocenters. The normalized spacial score (nSPS) is 13.0. The van der Waals surface area contributed by atoms with E-state index in [-0.39, 0.29) is 0 Å². The Kier molecular flexibility index (Phi) is 7.02. The minimum Gasteiger partial charge on any atom is -0.316 e. The number of hydrogen-bond acceptors (Lipinski definition) is 2. The van der Waals surface area contributed by atoms with Crippen LogP contribution in [0.4, 0.5) is 0 Å². The first-order valence-corrected chi connectivity index (χ1v) is 7.53. The molecular weight excluding hydrogens is 250 g/mol. The van der Waals surface area contributed by atoms with Crippen LogP contribution in [0.15, 0.2) is 29.2 Å². The highest BCUT2D eigenvalue weighted by Gasteiger charge is 2.07. The van der Waals surface area contributed by atoms with Crippen molar-refractivity contribution in [2.75, 3.05) is 12.8 Å². The third-order valence-electron chi connectivity index (χ3n) is 2.77. The highest BCUT2D eigenvalue weighted by atomic mass is 35.5. The number of benzene rings is 1. The molecule has 96 valence electrons. The maximum absolute atomic E-state index is 5.86. The van der Waals surface area contributed by atoms with Gasteiger partial charge in [0.1, 0.15) is 0 Å². The van der Waals surface area contributed by atoms with Gasteiger partial charge in [-0.25, -0.2) is 0 Å². The molecule has 0 spiro atoms. The first-order chi connectivity index (χ1) is 8.11. The number of thioether (sulfide) groups is 1. The fraction of sp³-hybridized carbons (Fsp3) is 0.571. The molecule has 1 aromatic carbocycles. The fourth-order valence-corrected chi connectivity index (χ4v) is 2.75. The molecule has 0 aromatic heterocycles. The van der Waals surface area contributed by atoms with Gasteiger partial charge in [-0.15, -0.1) is 11.8 Å². The van der Waals surface area contributed by atoms with Crippen LogP contribution in [0.3, 0.4) is 0 Å². The quantitative estimate of drug-likeness (QED) is 0.735. The topological polar surface area (TPSA) is 12.0 Å². The zero-order chi connectivity index (χ0) is 12.7. The number of hydrogen-bond donors (Lipinski definition) is 1. The molecule has 0 heterocycles. The Balaban J connectivity index is 2.34. The summed E-state index contributed by atoms with van der Waals surface area (Å²) in [5, 5.41) is 4.20. The SMILES string of the molecule is CNC(CCC(C)C)CSc1ccc(Cl)cc1. The van der Waals surface area contributed by atoms with Gasteiger partial charge in [-0.05, 0) is 50.1 Å². The molecule has 0 saturated heterocycles. The molecule has 0 bridgehead atoms. The van der Waals surface area contributed by atoms with Gasteiger partial charge in [0.05, 0.1) is 0 Å². The van der Waals surface area contributed by atoms with Crippen molar-refractivity contribution in [3.8, 4) is 0 Å². The van der Waals surface area contributed by atoms with E-state index in [1.807, 2.05) is 30.9 Å². The third-order valence-corrected chi connectivity index (χ3v) is 4.19. The summed E-state index contributed by atoms with van der Waals surface area (Å²) in [6.45, 7) is 4.55. The minimum absolute atomic E-state index is 0.595. The van der Waals surface area contributed by atoms with Gasteiger partial charge in [0.25, 0.3) is 0 Å². The summed E-state index contributed by atoms with van der Waals surface area (Å²) in [7, 11) is 2.05. The summed E-state index contributed by atoms with van der Waals surface area (Å²) < 4.78 is 0. The zero-order valence-corrected chi connectivity index (χ0v) is 12.4. The molecule has 0 amide bonds. The molecule has 17 heavy (non-hydrogen) atoms. The Hall–Kier alpha value is -0.180. The molecule has 0 saturated carbocycles. The Bertz CT molecular complexity index is 311. The van der Waals surface area contributed by atoms with Crippen molar-refractivity contribution in [2.45, 2.75) is 37.6 Å². The van der Waals surface area contributed by atoms with E-state index in [0.717, 1.165) is 16.7 Å². The van der Waals surface area contributed by atoms with Crippen LogP contribution in [0.5, 0.6) is 0 Å². The van der Waals surface area contributed by atoms with E-state index < -0.39 is 0 Å². The Morgan fingerprint density at radius 2 is 1.82 bits per heavy atom. The second-order valence-corrected chi connectivity index (χ2v) is 6.25. The summed E-state index contributed by atoms with van der Waals surface area (Å²) >= 11 is 7.76. The molecule has 0 aliphatic carbocycles. The number of rotatable bonds is 7. The molecule has 0 aliphatic rings. The first kappa shape index (κ1) is 14.9. The second kappa shape index (κ2) is 8.02. The van der Waals surface area contributed by atoms with Crippen LogP contribution in [0.1, 0.15) is 26.7 Å². The molecule has 1 nitrogen and oxygen atoms in total. The van der Waals surface area contributed by atoms with E-state index in [1.165, 1.54) is 17.7 Å². The summed E-state index contributed by atoms with van der Waals surface area (Å²) in [6.07, 6.45) is 2.53. The van der Waals surface area contributed by atoms with Gasteiger partial charge in [0.2, 0.25) is 0 Å². The van der Waals surface area contributed by atoms with Crippen molar-refractivity contribution in [2.24, 2.45) is 5.92 Å². The summed E-state index contributed by atoms with van der Waals surface area (Å²) in [6, 6.07) is 8.67. The van der Waals surface area contributed by atoms with E-state index in [2.05, 4.69) is 31.3 Å². The molecule has 1 atom stereocenters. The zero-order valence-electron chi connectivity index (χ0n) is 10.9. The van der Waals surface area contributed by atoms with Crippen molar-refractivity contribution in [3.05, 3.63) is 29.3 Å². The van der Waals surface area contributed by atoms with Gasteiger partial charge in [0, 0.05) is 21.7 Å². The van der Waals surface area contributed by atoms with Crippen LogP contribution in [0.2, 0.25) is 5.02 Å². The largest absolute Gasteiger partial charge is 0.316 e. The van der Waals surface area contributed by atoms with Gasteiger partial charge in [-0.3, -0.25) is 0 Å². The molecule has 0 aliphatic heterocycles.